The molecule has 0 amide bonds. The van der Waals surface area contributed by atoms with Crippen LogP contribution in [0.5, 0.6) is 0 Å². The Morgan fingerprint density at radius 1 is 0.676 bits per heavy atom. The topological polar surface area (TPSA) is 37.4 Å². The summed E-state index contributed by atoms with van der Waals surface area (Å²) < 4.78 is 0. The summed E-state index contributed by atoms with van der Waals surface area (Å²) in [5, 5.41) is 1.29. The molecule has 5 heteroatoms. The van der Waals surface area contributed by atoms with Gasteiger partial charge in [-0.05, 0) is 65.6 Å². The van der Waals surface area contributed by atoms with E-state index in [4.69, 9.17) is 23.2 Å². The molecule has 0 aromatic heterocycles. The number of nitrogens with zero attached hydrogens (tertiary/aromatic N) is 1. The third-order valence-electron chi connectivity index (χ3n) is 7.20. The zero-order valence-electron chi connectivity index (χ0n) is 20.0. The number of ketones is 2. The third kappa shape index (κ3) is 4.03. The van der Waals surface area contributed by atoms with Crippen LogP contribution in [0.1, 0.15) is 64.9 Å². The maximum atomic E-state index is 13.8. The first-order chi connectivity index (χ1) is 16.0. The van der Waals surface area contributed by atoms with Gasteiger partial charge < -0.3 is 4.90 Å². The Bertz CT molecular complexity index is 1200. The van der Waals surface area contributed by atoms with E-state index in [1.54, 1.807) is 0 Å². The summed E-state index contributed by atoms with van der Waals surface area (Å²) >= 11 is 12.4. The normalized spacial score (nSPS) is 22.1. The van der Waals surface area contributed by atoms with Crippen molar-refractivity contribution in [3.63, 3.8) is 0 Å². The Hall–Kier alpha value is -2.36. The second-order valence-corrected chi connectivity index (χ2v) is 12.3. The van der Waals surface area contributed by atoms with Crippen molar-refractivity contribution < 1.29 is 9.59 Å². The van der Waals surface area contributed by atoms with E-state index in [0.29, 0.717) is 22.9 Å². The average Bonchev–Trinajstić information content (AvgIpc) is 2.72. The van der Waals surface area contributed by atoms with Gasteiger partial charge in [0.2, 0.25) is 0 Å². The molecule has 3 aliphatic rings. The highest BCUT2D eigenvalue weighted by Crippen LogP contribution is 2.55. The number of carbonyl (C=O) groups excluding carboxylic acids is 2. The molecule has 5 rings (SSSR count). The van der Waals surface area contributed by atoms with Crippen LogP contribution in [0.25, 0.3) is 0 Å². The van der Waals surface area contributed by atoms with Crippen LogP contribution in [0.15, 0.2) is 71.1 Å². The summed E-state index contributed by atoms with van der Waals surface area (Å²) in [6, 6.07) is 15.3. The fourth-order valence-electron chi connectivity index (χ4n) is 5.86. The first-order valence-corrected chi connectivity index (χ1v) is 12.6. The van der Waals surface area contributed by atoms with Gasteiger partial charge in [-0.25, -0.2) is 0 Å². The zero-order chi connectivity index (χ0) is 24.4. The Balaban J connectivity index is 1.82. The highest BCUT2D eigenvalue weighted by molar-refractivity contribution is 6.30. The van der Waals surface area contributed by atoms with Gasteiger partial charge in [-0.3, -0.25) is 9.59 Å². The summed E-state index contributed by atoms with van der Waals surface area (Å²) in [4.78, 5) is 29.7. The van der Waals surface area contributed by atoms with Crippen molar-refractivity contribution in [1.29, 1.82) is 0 Å². The number of hydrogen-bond donors (Lipinski definition) is 0. The van der Waals surface area contributed by atoms with E-state index in [1.807, 2.05) is 48.5 Å². The maximum Gasteiger partial charge on any atom is 0.162 e. The van der Waals surface area contributed by atoms with Crippen LogP contribution in [0, 0.1) is 10.8 Å². The molecule has 0 N–H and O–H groups in total. The van der Waals surface area contributed by atoms with E-state index in [0.717, 1.165) is 46.6 Å². The lowest BCUT2D eigenvalue weighted by Gasteiger charge is -2.49. The second-order valence-electron chi connectivity index (χ2n) is 11.4. The zero-order valence-corrected chi connectivity index (χ0v) is 21.6. The smallest absolute Gasteiger partial charge is 0.162 e. The van der Waals surface area contributed by atoms with Gasteiger partial charge in [0.05, 0.1) is 0 Å². The minimum atomic E-state index is -0.363. The molecule has 0 fully saturated rings. The number of halogens is 2. The number of benzene rings is 2. The lowest BCUT2D eigenvalue weighted by atomic mass is 9.63. The summed E-state index contributed by atoms with van der Waals surface area (Å²) in [5.41, 5.74) is 5.07. The molecule has 2 aliphatic carbocycles. The van der Waals surface area contributed by atoms with Gasteiger partial charge in [0.1, 0.15) is 0 Å². The molecule has 3 nitrogen and oxygen atoms in total. The molecular formula is C29H29Cl2NO2. The fourth-order valence-corrected chi connectivity index (χ4v) is 6.11. The van der Waals surface area contributed by atoms with Crippen LogP contribution in [-0.4, -0.2) is 11.6 Å². The van der Waals surface area contributed by atoms with Crippen LogP contribution in [-0.2, 0) is 9.59 Å². The van der Waals surface area contributed by atoms with Gasteiger partial charge in [-0.2, -0.15) is 0 Å². The van der Waals surface area contributed by atoms with Crippen molar-refractivity contribution in [2.45, 2.75) is 59.3 Å². The molecule has 34 heavy (non-hydrogen) atoms. The van der Waals surface area contributed by atoms with E-state index in [2.05, 4.69) is 32.6 Å². The van der Waals surface area contributed by atoms with E-state index in [9.17, 15) is 9.59 Å². The van der Waals surface area contributed by atoms with E-state index in [1.165, 1.54) is 0 Å². The van der Waals surface area contributed by atoms with Gasteiger partial charge in [-0.15, -0.1) is 0 Å². The van der Waals surface area contributed by atoms with Crippen molar-refractivity contribution in [3.05, 3.63) is 86.7 Å². The summed E-state index contributed by atoms with van der Waals surface area (Å²) in [5.74, 6) is -0.123. The number of rotatable bonds is 2. The fraction of sp³-hybridized carbons (Fsp3) is 0.379. The standard InChI is InChI=1S/C29H29Cl2NO2/c1-28(2)13-21-26(23(33)15-28)25(17-5-7-18(30)8-6-17)27-22(14-29(3,4)16-24(27)34)32(21)20-11-9-19(31)10-12-20/h5-12,25H,13-16H2,1-4H3. The van der Waals surface area contributed by atoms with Crippen molar-refractivity contribution in [3.8, 4) is 0 Å². The molecule has 0 saturated carbocycles. The number of Topliss-reactive ketones (excluding diaryl/α,β-unsaturated/α-hetero) is 2. The van der Waals surface area contributed by atoms with Gasteiger partial charge in [0.25, 0.3) is 0 Å². The van der Waals surface area contributed by atoms with E-state index >= 15 is 0 Å². The van der Waals surface area contributed by atoms with E-state index < -0.39 is 0 Å². The molecule has 176 valence electrons. The molecule has 2 aromatic rings. The second kappa shape index (κ2) is 8.10. The molecule has 0 unspecified atom stereocenters. The lowest BCUT2D eigenvalue weighted by molar-refractivity contribution is -0.119. The molecule has 0 atom stereocenters. The van der Waals surface area contributed by atoms with Crippen LogP contribution in [0.2, 0.25) is 10.0 Å². The van der Waals surface area contributed by atoms with E-state index in [-0.39, 0.29) is 28.3 Å². The number of carbonyl (C=O) groups is 2. The van der Waals surface area contributed by atoms with Crippen molar-refractivity contribution >= 4 is 40.5 Å². The average molecular weight is 494 g/mol. The summed E-state index contributed by atoms with van der Waals surface area (Å²) in [7, 11) is 0. The van der Waals surface area contributed by atoms with Gasteiger partial charge in [-0.1, -0.05) is 63.0 Å². The molecule has 1 heterocycles. The first-order valence-electron chi connectivity index (χ1n) is 11.8. The molecule has 0 saturated heterocycles. The van der Waals surface area contributed by atoms with Crippen LogP contribution in [0.3, 0.4) is 0 Å². The predicted molar refractivity (Wildman–Crippen MR) is 138 cm³/mol. The SMILES string of the molecule is CC1(C)CC(=O)C2=C(C1)N(c1ccc(Cl)cc1)C1=C(C(=O)CC(C)(C)C1)C2c1ccc(Cl)cc1. The van der Waals surface area contributed by atoms with Gasteiger partial charge in [0.15, 0.2) is 11.6 Å². The molecule has 0 spiro atoms. The van der Waals surface area contributed by atoms with Crippen LogP contribution < -0.4 is 4.90 Å². The van der Waals surface area contributed by atoms with Crippen LogP contribution >= 0.6 is 23.2 Å². The number of allylic oxidation sites excluding steroid dienone is 4. The highest BCUT2D eigenvalue weighted by atomic mass is 35.5. The van der Waals surface area contributed by atoms with Crippen LogP contribution in [0.4, 0.5) is 5.69 Å². The Morgan fingerprint density at radius 2 is 1.09 bits per heavy atom. The molecule has 0 radical (unpaired) electrons. The van der Waals surface area contributed by atoms with Gasteiger partial charge >= 0.3 is 0 Å². The molecular weight excluding hydrogens is 465 g/mol. The molecule has 0 bridgehead atoms. The quantitative estimate of drug-likeness (QED) is 0.426. The third-order valence-corrected chi connectivity index (χ3v) is 7.70. The Labute approximate surface area is 211 Å². The Morgan fingerprint density at radius 3 is 1.53 bits per heavy atom. The van der Waals surface area contributed by atoms with Crippen molar-refractivity contribution in [2.24, 2.45) is 10.8 Å². The highest BCUT2D eigenvalue weighted by Gasteiger charge is 2.49. The lowest BCUT2D eigenvalue weighted by Crippen LogP contribution is -2.44. The largest absolute Gasteiger partial charge is 0.317 e. The minimum Gasteiger partial charge on any atom is -0.317 e. The minimum absolute atomic E-state index is 0.120. The molecule has 2 aromatic carbocycles. The number of hydrogen-bond acceptors (Lipinski definition) is 3. The predicted octanol–water partition coefficient (Wildman–Crippen LogP) is 7.88. The molecule has 1 aliphatic heterocycles. The van der Waals surface area contributed by atoms with Crippen molar-refractivity contribution in [1.82, 2.24) is 0 Å². The Kier molecular flexibility index (Phi) is 5.57. The first kappa shape index (κ1) is 23.4. The maximum absolute atomic E-state index is 13.8. The summed E-state index contributed by atoms with van der Waals surface area (Å²) in [6.07, 6.45) is 2.44. The van der Waals surface area contributed by atoms with Gasteiger partial charge in [0, 0.05) is 57.0 Å². The number of anilines is 1. The monoisotopic (exact) mass is 493 g/mol. The summed E-state index contributed by atoms with van der Waals surface area (Å²) in [6.45, 7) is 8.58. The van der Waals surface area contributed by atoms with Crippen molar-refractivity contribution in [2.75, 3.05) is 4.90 Å².